The van der Waals surface area contributed by atoms with Crippen LogP contribution >= 0.6 is 0 Å². The van der Waals surface area contributed by atoms with Crippen molar-refractivity contribution in [1.29, 1.82) is 0 Å². The van der Waals surface area contributed by atoms with Crippen molar-refractivity contribution < 1.29 is 32.9 Å². The number of aryl methyl sites for hydroxylation is 1. The van der Waals surface area contributed by atoms with Crippen LogP contribution in [-0.2, 0) is 0 Å². The van der Waals surface area contributed by atoms with Gasteiger partial charge in [-0.05, 0) is 80.4 Å². The van der Waals surface area contributed by atoms with E-state index in [0.29, 0.717) is 44.3 Å². The zero-order chi connectivity index (χ0) is 26.6. The number of ether oxygens (including phenoxy) is 2. The van der Waals surface area contributed by atoms with E-state index in [9.17, 15) is 23.4 Å². The Hall–Kier alpha value is -2.88. The summed E-state index contributed by atoms with van der Waals surface area (Å²) in [5.74, 6) is -3.12. The summed E-state index contributed by atoms with van der Waals surface area (Å²) in [6, 6.07) is 6.92. The van der Waals surface area contributed by atoms with E-state index in [0.717, 1.165) is 40.9 Å². The predicted octanol–water partition coefficient (Wildman–Crippen LogP) is 4.94. The smallest absolute Gasteiger partial charge is 0.200 e. The molecule has 0 aliphatic carbocycles. The summed E-state index contributed by atoms with van der Waals surface area (Å²) < 4.78 is 51.1. The maximum absolute atomic E-state index is 13.8. The number of halogens is 3. The van der Waals surface area contributed by atoms with Crippen LogP contribution in [0.4, 0.5) is 13.2 Å². The Morgan fingerprint density at radius 1 is 1.14 bits per heavy atom. The minimum atomic E-state index is -1.28. The van der Waals surface area contributed by atoms with Gasteiger partial charge in [-0.2, -0.15) is 4.39 Å². The summed E-state index contributed by atoms with van der Waals surface area (Å²) in [4.78, 5) is 6.58. The first-order valence-corrected chi connectivity index (χ1v) is 12.5. The summed E-state index contributed by atoms with van der Waals surface area (Å²) >= 11 is 0. The first-order chi connectivity index (χ1) is 17.7. The molecule has 0 radical (unpaired) electrons. The predicted molar refractivity (Wildman–Crippen MR) is 134 cm³/mol. The second kappa shape index (κ2) is 11.7. The fourth-order valence-corrected chi connectivity index (χ4v) is 5.11. The molecule has 1 aromatic heterocycles. The monoisotopic (exact) mass is 518 g/mol. The van der Waals surface area contributed by atoms with E-state index in [-0.39, 0.29) is 18.6 Å². The van der Waals surface area contributed by atoms with Gasteiger partial charge in [0.15, 0.2) is 11.6 Å². The molecule has 0 spiro atoms. The molecule has 200 valence electrons. The first kappa shape index (κ1) is 27.2. The number of aliphatic hydroxyl groups is 2. The molecule has 1 unspecified atom stereocenters. The van der Waals surface area contributed by atoms with Crippen LogP contribution in [0.3, 0.4) is 0 Å². The van der Waals surface area contributed by atoms with Crippen LogP contribution in [0.2, 0.25) is 0 Å². The Morgan fingerprint density at radius 3 is 2.59 bits per heavy atom. The number of rotatable bonds is 10. The Labute approximate surface area is 214 Å². The number of likely N-dealkylation sites (tertiary alicyclic amines) is 1. The summed E-state index contributed by atoms with van der Waals surface area (Å²) in [5.41, 5.74) is 2.20. The lowest BCUT2D eigenvalue weighted by atomic mass is 9.74. The van der Waals surface area contributed by atoms with Crippen LogP contribution in [-0.4, -0.2) is 60.1 Å². The van der Waals surface area contributed by atoms with Crippen molar-refractivity contribution in [3.63, 3.8) is 0 Å². The van der Waals surface area contributed by atoms with Crippen molar-refractivity contribution in [3.8, 4) is 11.5 Å². The van der Waals surface area contributed by atoms with Gasteiger partial charge in [0.05, 0.1) is 18.7 Å². The zero-order valence-corrected chi connectivity index (χ0v) is 21.1. The third kappa shape index (κ3) is 6.17. The lowest BCUT2D eigenvalue weighted by Crippen LogP contribution is -2.43. The number of methoxy groups -OCH3 is 1. The van der Waals surface area contributed by atoms with Gasteiger partial charge in [-0.15, -0.1) is 0 Å². The van der Waals surface area contributed by atoms with Gasteiger partial charge < -0.3 is 19.7 Å². The van der Waals surface area contributed by atoms with Gasteiger partial charge >= 0.3 is 0 Å². The van der Waals surface area contributed by atoms with Crippen LogP contribution in [0.25, 0.3) is 10.9 Å². The zero-order valence-electron chi connectivity index (χ0n) is 21.1. The molecule has 4 rings (SSSR count). The summed E-state index contributed by atoms with van der Waals surface area (Å²) in [6.07, 6.45) is 3.64. The highest BCUT2D eigenvalue weighted by Crippen LogP contribution is 2.39. The fraction of sp³-hybridized carbons (Fsp3) is 0.464. The van der Waals surface area contributed by atoms with E-state index in [4.69, 9.17) is 9.47 Å². The fourth-order valence-electron chi connectivity index (χ4n) is 5.11. The lowest BCUT2D eigenvalue weighted by Gasteiger charge is -2.41. The number of piperidine rings is 1. The minimum Gasteiger partial charge on any atom is -0.497 e. The van der Waals surface area contributed by atoms with Crippen LogP contribution in [0.1, 0.15) is 42.9 Å². The largest absolute Gasteiger partial charge is 0.497 e. The van der Waals surface area contributed by atoms with Gasteiger partial charge in [0, 0.05) is 36.9 Å². The Balaban J connectivity index is 1.33. The summed E-state index contributed by atoms with van der Waals surface area (Å²) in [7, 11) is 1.60. The van der Waals surface area contributed by atoms with E-state index in [1.807, 2.05) is 25.1 Å². The first-order valence-electron chi connectivity index (χ1n) is 12.5. The number of aliphatic hydroxyl groups excluding tert-OH is 2. The average molecular weight is 519 g/mol. The molecular weight excluding hydrogens is 485 g/mol. The highest BCUT2D eigenvalue weighted by atomic mass is 19.2. The topological polar surface area (TPSA) is 75.0 Å². The van der Waals surface area contributed by atoms with E-state index < -0.39 is 29.3 Å². The maximum atomic E-state index is 13.8. The molecule has 1 fully saturated rings. The number of benzene rings is 2. The molecule has 0 amide bonds. The molecule has 2 heterocycles. The van der Waals surface area contributed by atoms with Gasteiger partial charge in [-0.3, -0.25) is 9.88 Å². The van der Waals surface area contributed by atoms with Crippen molar-refractivity contribution >= 4 is 10.9 Å². The number of fused-ring (bicyclic) bond motifs is 1. The Morgan fingerprint density at radius 2 is 1.89 bits per heavy atom. The van der Waals surface area contributed by atoms with E-state index in [1.165, 1.54) is 0 Å². The summed E-state index contributed by atoms with van der Waals surface area (Å²) in [5, 5.41) is 22.3. The van der Waals surface area contributed by atoms with Crippen molar-refractivity contribution in [2.75, 3.05) is 40.0 Å². The number of pyridine rings is 1. The highest BCUT2D eigenvalue weighted by Gasteiger charge is 2.34. The van der Waals surface area contributed by atoms with Crippen molar-refractivity contribution in [2.45, 2.75) is 38.7 Å². The quantitative estimate of drug-likeness (QED) is 0.371. The minimum absolute atomic E-state index is 0.0156. The molecule has 2 aromatic carbocycles. The molecule has 1 aliphatic rings. The summed E-state index contributed by atoms with van der Waals surface area (Å²) in [6.45, 7) is 3.87. The molecule has 0 bridgehead atoms. The molecule has 9 heteroatoms. The van der Waals surface area contributed by atoms with Crippen LogP contribution < -0.4 is 9.47 Å². The van der Waals surface area contributed by atoms with Gasteiger partial charge in [0.1, 0.15) is 18.2 Å². The van der Waals surface area contributed by atoms with Gasteiger partial charge in [-0.1, -0.05) is 0 Å². The Bertz CT molecular complexity index is 1230. The standard InChI is InChI=1S/C28H33F3N2O4/c1-18-16-32-23-4-3-20(36-2)15-21(23)26(18)24(35)5-6-28(17-34)7-9-33(10-8-28)11-12-37-25-14-19(29)13-22(30)27(25)31/h3-4,13-16,24,34-35H,5-12,17H2,1-2H3. The van der Waals surface area contributed by atoms with Gasteiger partial charge in [0.2, 0.25) is 5.82 Å². The highest BCUT2D eigenvalue weighted by molar-refractivity contribution is 5.84. The normalized spacial score (nSPS) is 16.6. The third-order valence-electron chi connectivity index (χ3n) is 7.47. The molecule has 0 saturated carbocycles. The van der Waals surface area contributed by atoms with E-state index in [1.54, 1.807) is 13.3 Å². The molecule has 2 N–H and O–H groups in total. The molecule has 1 saturated heterocycles. The maximum Gasteiger partial charge on any atom is 0.200 e. The van der Waals surface area contributed by atoms with Crippen LogP contribution in [0.5, 0.6) is 11.5 Å². The Kier molecular flexibility index (Phi) is 8.56. The third-order valence-corrected chi connectivity index (χ3v) is 7.47. The SMILES string of the molecule is COc1ccc2ncc(C)c(C(O)CCC3(CO)CCN(CCOc4cc(F)cc(F)c4F)CC3)c2c1. The molecule has 37 heavy (non-hydrogen) atoms. The second-order valence-corrected chi connectivity index (χ2v) is 9.84. The van der Waals surface area contributed by atoms with Crippen LogP contribution in [0.15, 0.2) is 36.5 Å². The van der Waals surface area contributed by atoms with Gasteiger partial charge in [-0.25, -0.2) is 8.78 Å². The van der Waals surface area contributed by atoms with E-state index >= 15 is 0 Å². The molecule has 1 atom stereocenters. The number of nitrogens with zero attached hydrogens (tertiary/aromatic N) is 2. The average Bonchev–Trinajstić information content (AvgIpc) is 2.90. The molecule has 6 nitrogen and oxygen atoms in total. The lowest BCUT2D eigenvalue weighted by molar-refractivity contribution is 0.0203. The number of hydrogen-bond acceptors (Lipinski definition) is 6. The van der Waals surface area contributed by atoms with Crippen molar-refractivity contribution in [2.24, 2.45) is 5.41 Å². The van der Waals surface area contributed by atoms with Crippen LogP contribution in [0, 0.1) is 29.8 Å². The number of aromatic nitrogens is 1. The van der Waals surface area contributed by atoms with E-state index in [2.05, 4.69) is 9.88 Å². The van der Waals surface area contributed by atoms with Crippen molar-refractivity contribution in [1.82, 2.24) is 9.88 Å². The number of hydrogen-bond donors (Lipinski definition) is 2. The van der Waals surface area contributed by atoms with Gasteiger partial charge in [0.25, 0.3) is 0 Å². The van der Waals surface area contributed by atoms with Crippen molar-refractivity contribution in [3.05, 3.63) is 65.1 Å². The second-order valence-electron chi connectivity index (χ2n) is 9.84. The molecular formula is C28H33F3N2O4. The molecule has 3 aromatic rings. The molecule has 1 aliphatic heterocycles.